The van der Waals surface area contributed by atoms with Crippen LogP contribution in [0.2, 0.25) is 5.02 Å². The van der Waals surface area contributed by atoms with Gasteiger partial charge in [-0.3, -0.25) is 10.1 Å². The van der Waals surface area contributed by atoms with Gasteiger partial charge in [-0.1, -0.05) is 23.7 Å². The van der Waals surface area contributed by atoms with Crippen molar-refractivity contribution >= 4 is 46.1 Å². The first-order valence-corrected chi connectivity index (χ1v) is 10.2. The maximum absolute atomic E-state index is 11.3. The maximum atomic E-state index is 11.3. The first kappa shape index (κ1) is 21.6. The summed E-state index contributed by atoms with van der Waals surface area (Å²) >= 11 is 6.22. The van der Waals surface area contributed by atoms with Gasteiger partial charge in [0.15, 0.2) is 5.82 Å². The molecule has 2 N–H and O–H groups in total. The van der Waals surface area contributed by atoms with Crippen molar-refractivity contribution in [2.45, 2.75) is 0 Å². The zero-order chi connectivity index (χ0) is 22.5. The van der Waals surface area contributed by atoms with Crippen LogP contribution in [0.25, 0.3) is 0 Å². The quantitative estimate of drug-likeness (QED) is 0.395. The highest BCUT2D eigenvalue weighted by Crippen LogP contribution is 2.33. The molecule has 3 aromatic rings. The number of hydrogen-bond donors (Lipinski definition) is 2. The van der Waals surface area contributed by atoms with Crippen molar-refractivity contribution in [2.24, 2.45) is 0 Å². The second-order valence-corrected chi connectivity index (χ2v) is 7.31. The van der Waals surface area contributed by atoms with Gasteiger partial charge in [0.1, 0.15) is 16.5 Å². The van der Waals surface area contributed by atoms with Crippen molar-refractivity contribution < 1.29 is 14.4 Å². The molecule has 0 unspecified atom stereocenters. The van der Waals surface area contributed by atoms with E-state index in [4.69, 9.17) is 21.1 Å². The number of nitro groups is 1. The second kappa shape index (κ2) is 9.67. The monoisotopic (exact) mass is 456 g/mol. The van der Waals surface area contributed by atoms with Gasteiger partial charge in [-0.05, 0) is 18.2 Å². The molecule has 166 valence electrons. The number of benzene rings is 2. The number of methoxy groups -OCH3 is 1. The second-order valence-electron chi connectivity index (χ2n) is 6.90. The Hall–Kier alpha value is -3.63. The van der Waals surface area contributed by atoms with Gasteiger partial charge in [-0.25, -0.2) is 4.98 Å². The molecule has 2 aromatic carbocycles. The van der Waals surface area contributed by atoms with Crippen LogP contribution in [0.15, 0.2) is 48.7 Å². The molecule has 10 nitrogen and oxygen atoms in total. The molecule has 1 aromatic heterocycles. The van der Waals surface area contributed by atoms with E-state index in [9.17, 15) is 10.1 Å². The van der Waals surface area contributed by atoms with Crippen LogP contribution in [0.4, 0.5) is 34.5 Å². The van der Waals surface area contributed by atoms with E-state index >= 15 is 0 Å². The Labute approximate surface area is 189 Å². The maximum Gasteiger partial charge on any atom is 0.292 e. The van der Waals surface area contributed by atoms with E-state index in [1.54, 1.807) is 25.3 Å². The Morgan fingerprint density at radius 3 is 2.69 bits per heavy atom. The summed E-state index contributed by atoms with van der Waals surface area (Å²) in [5, 5.41) is 17.5. The van der Waals surface area contributed by atoms with E-state index in [1.165, 1.54) is 12.3 Å². The fraction of sp³-hybridized carbons (Fsp3) is 0.238. The molecule has 0 spiro atoms. The summed E-state index contributed by atoms with van der Waals surface area (Å²) in [7, 11) is 1.59. The number of hydrogen-bond acceptors (Lipinski definition) is 9. The number of ether oxygens (including phenoxy) is 2. The third kappa shape index (κ3) is 4.82. The minimum absolute atomic E-state index is 0.0861. The average molecular weight is 457 g/mol. The normalized spacial score (nSPS) is 13.5. The molecule has 1 aliphatic heterocycles. The van der Waals surface area contributed by atoms with E-state index < -0.39 is 4.92 Å². The van der Waals surface area contributed by atoms with Gasteiger partial charge in [0.25, 0.3) is 5.69 Å². The molecule has 0 amide bonds. The molecule has 0 aliphatic carbocycles. The summed E-state index contributed by atoms with van der Waals surface area (Å²) < 4.78 is 11.0. The van der Waals surface area contributed by atoms with Crippen molar-refractivity contribution in [3.8, 4) is 5.75 Å². The number of morpholine rings is 1. The topological polar surface area (TPSA) is 115 Å². The Morgan fingerprint density at radius 2 is 1.94 bits per heavy atom. The van der Waals surface area contributed by atoms with E-state index in [0.29, 0.717) is 24.7 Å². The van der Waals surface area contributed by atoms with Gasteiger partial charge in [0.05, 0.1) is 37.1 Å². The van der Waals surface area contributed by atoms with Gasteiger partial charge in [0.2, 0.25) is 5.95 Å². The van der Waals surface area contributed by atoms with Crippen molar-refractivity contribution in [3.63, 3.8) is 0 Å². The fourth-order valence-electron chi connectivity index (χ4n) is 3.30. The standard InChI is InChI=1S/C21H21ClN6O4/c1-31-19-12-14(27-8-10-32-11-9-27)6-7-17(19)25-21-23-13-15(22)20(26-21)24-16-4-2-3-5-18(16)28(29)30/h2-7,12-13H,8-11H2,1H3,(H2,23,24,25,26). The van der Waals surface area contributed by atoms with Crippen molar-refractivity contribution in [2.75, 3.05) is 48.9 Å². The number of nitrogens with one attached hydrogen (secondary N) is 2. The van der Waals surface area contributed by atoms with Gasteiger partial charge in [-0.2, -0.15) is 4.98 Å². The summed E-state index contributed by atoms with van der Waals surface area (Å²) in [6.45, 7) is 3.01. The summed E-state index contributed by atoms with van der Waals surface area (Å²) in [4.78, 5) is 21.6. The van der Waals surface area contributed by atoms with Crippen LogP contribution in [0.1, 0.15) is 0 Å². The highest BCUT2D eigenvalue weighted by atomic mass is 35.5. The highest BCUT2D eigenvalue weighted by Gasteiger charge is 2.17. The lowest BCUT2D eigenvalue weighted by molar-refractivity contribution is -0.383. The van der Waals surface area contributed by atoms with Crippen molar-refractivity contribution in [3.05, 3.63) is 63.8 Å². The molecular weight excluding hydrogens is 436 g/mol. The first-order chi connectivity index (χ1) is 15.5. The molecule has 0 atom stereocenters. The van der Waals surface area contributed by atoms with Gasteiger partial charge in [0, 0.05) is 30.9 Å². The Balaban J connectivity index is 1.57. The third-order valence-electron chi connectivity index (χ3n) is 4.91. The molecule has 0 bridgehead atoms. The molecule has 0 radical (unpaired) electrons. The number of nitrogens with zero attached hydrogens (tertiary/aromatic N) is 4. The lowest BCUT2D eigenvalue weighted by Gasteiger charge is -2.29. The smallest absolute Gasteiger partial charge is 0.292 e. The molecule has 1 aliphatic rings. The number of para-hydroxylation sites is 2. The van der Waals surface area contributed by atoms with Crippen molar-refractivity contribution in [1.82, 2.24) is 9.97 Å². The molecule has 1 fully saturated rings. The van der Waals surface area contributed by atoms with Crippen LogP contribution < -0.4 is 20.3 Å². The molecule has 2 heterocycles. The summed E-state index contributed by atoms with van der Waals surface area (Å²) in [5.41, 5.74) is 1.89. The Bertz CT molecular complexity index is 1120. The van der Waals surface area contributed by atoms with Crippen LogP contribution in [0, 0.1) is 10.1 Å². The number of aromatic nitrogens is 2. The lowest BCUT2D eigenvalue weighted by atomic mass is 10.2. The van der Waals surface area contributed by atoms with E-state index in [1.807, 2.05) is 18.2 Å². The van der Waals surface area contributed by atoms with Gasteiger partial charge in [-0.15, -0.1) is 0 Å². The van der Waals surface area contributed by atoms with E-state index in [2.05, 4.69) is 25.5 Å². The molecule has 32 heavy (non-hydrogen) atoms. The van der Waals surface area contributed by atoms with Gasteiger partial charge >= 0.3 is 0 Å². The number of halogens is 1. The Morgan fingerprint density at radius 1 is 1.16 bits per heavy atom. The predicted octanol–water partition coefficient (Wildman–Crippen LogP) is 4.37. The largest absolute Gasteiger partial charge is 0.494 e. The minimum Gasteiger partial charge on any atom is -0.494 e. The third-order valence-corrected chi connectivity index (χ3v) is 5.18. The molecular formula is C21H21ClN6O4. The van der Waals surface area contributed by atoms with Crippen LogP contribution >= 0.6 is 11.6 Å². The lowest BCUT2D eigenvalue weighted by Crippen LogP contribution is -2.36. The zero-order valence-electron chi connectivity index (χ0n) is 17.2. The molecule has 11 heteroatoms. The first-order valence-electron chi connectivity index (χ1n) is 9.86. The molecule has 1 saturated heterocycles. The number of anilines is 5. The summed E-state index contributed by atoms with van der Waals surface area (Å²) in [5.74, 6) is 1.12. The number of nitro benzene ring substituents is 1. The SMILES string of the molecule is COc1cc(N2CCOCC2)ccc1Nc1ncc(Cl)c(Nc2ccccc2[N+](=O)[O-])n1. The summed E-state index contributed by atoms with van der Waals surface area (Å²) in [6, 6.07) is 12.1. The zero-order valence-corrected chi connectivity index (χ0v) is 18.0. The van der Waals surface area contributed by atoms with E-state index in [0.717, 1.165) is 18.8 Å². The molecule has 4 rings (SSSR count). The molecule has 0 saturated carbocycles. The van der Waals surface area contributed by atoms with Crippen LogP contribution in [0.5, 0.6) is 5.75 Å². The van der Waals surface area contributed by atoms with Crippen LogP contribution in [-0.4, -0.2) is 48.3 Å². The van der Waals surface area contributed by atoms with Crippen molar-refractivity contribution in [1.29, 1.82) is 0 Å². The predicted molar refractivity (Wildman–Crippen MR) is 123 cm³/mol. The Kier molecular flexibility index (Phi) is 6.52. The number of rotatable bonds is 7. The fourth-order valence-corrected chi connectivity index (χ4v) is 3.44. The minimum atomic E-state index is -0.475. The van der Waals surface area contributed by atoms with Gasteiger partial charge < -0.3 is 25.0 Å². The van der Waals surface area contributed by atoms with E-state index in [-0.39, 0.29) is 28.2 Å². The van der Waals surface area contributed by atoms with Crippen LogP contribution in [-0.2, 0) is 4.74 Å². The summed E-state index contributed by atoms with van der Waals surface area (Å²) in [6.07, 6.45) is 1.42. The van der Waals surface area contributed by atoms with Crippen LogP contribution in [0.3, 0.4) is 0 Å². The average Bonchev–Trinajstić information content (AvgIpc) is 2.82. The highest BCUT2D eigenvalue weighted by molar-refractivity contribution is 6.33.